The fourth-order valence-electron chi connectivity index (χ4n) is 5.08. The standard InChI is InChI=1S/C22H25F5N2O4S3/c23-16-3-4-19(24)18(14-16)21(36(32,33)29-11-7-15(8-12-29)22(25,26)27)9-5-17(6-10-21)28-35(30,31)20-2-1-13-34-20/h1-4,13-15,17,28H,5-12H2. The van der Waals surface area contributed by atoms with Crippen LogP contribution in [0.1, 0.15) is 44.1 Å². The van der Waals surface area contributed by atoms with Gasteiger partial charge < -0.3 is 0 Å². The summed E-state index contributed by atoms with van der Waals surface area (Å²) in [4.78, 5) is 0. The van der Waals surface area contributed by atoms with Crippen molar-refractivity contribution in [1.29, 1.82) is 0 Å². The molecular weight excluding hydrogens is 547 g/mol. The van der Waals surface area contributed by atoms with Gasteiger partial charge >= 0.3 is 6.18 Å². The molecule has 200 valence electrons. The summed E-state index contributed by atoms with van der Waals surface area (Å²) >= 11 is 1.02. The van der Waals surface area contributed by atoms with Crippen LogP contribution in [0.25, 0.3) is 0 Å². The normalized spacial score (nSPS) is 25.2. The van der Waals surface area contributed by atoms with Gasteiger partial charge in [0.2, 0.25) is 20.0 Å². The molecule has 0 atom stereocenters. The molecule has 4 rings (SSSR count). The zero-order chi connectivity index (χ0) is 26.4. The van der Waals surface area contributed by atoms with E-state index in [1.165, 1.54) is 6.07 Å². The highest BCUT2D eigenvalue weighted by molar-refractivity contribution is 7.91. The van der Waals surface area contributed by atoms with Crippen LogP contribution in [-0.4, -0.2) is 46.4 Å². The third kappa shape index (κ3) is 5.19. The first-order chi connectivity index (χ1) is 16.8. The van der Waals surface area contributed by atoms with Gasteiger partial charge in [-0.15, -0.1) is 11.3 Å². The molecule has 0 amide bonds. The summed E-state index contributed by atoms with van der Waals surface area (Å²) in [5, 5.41) is 1.60. The maximum absolute atomic E-state index is 15.0. The molecule has 1 aromatic carbocycles. The van der Waals surface area contributed by atoms with Crippen molar-refractivity contribution in [3.05, 3.63) is 52.9 Å². The first-order valence-electron chi connectivity index (χ1n) is 11.3. The molecule has 6 nitrogen and oxygen atoms in total. The van der Waals surface area contributed by atoms with Crippen molar-refractivity contribution in [1.82, 2.24) is 9.03 Å². The van der Waals surface area contributed by atoms with E-state index < -0.39 is 67.4 Å². The first-order valence-corrected chi connectivity index (χ1v) is 15.1. The number of hydrogen-bond acceptors (Lipinski definition) is 5. The van der Waals surface area contributed by atoms with E-state index in [0.29, 0.717) is 0 Å². The summed E-state index contributed by atoms with van der Waals surface area (Å²) < 4.78 is 123. The number of nitrogens with zero attached hydrogens (tertiary/aromatic N) is 1. The lowest BCUT2D eigenvalue weighted by Gasteiger charge is -2.44. The van der Waals surface area contributed by atoms with Crippen molar-refractivity contribution in [2.75, 3.05) is 13.1 Å². The summed E-state index contributed by atoms with van der Waals surface area (Å²) in [7, 11) is -8.28. The predicted octanol–water partition coefficient (Wildman–Crippen LogP) is 4.75. The maximum Gasteiger partial charge on any atom is 0.391 e. The zero-order valence-electron chi connectivity index (χ0n) is 19.0. The Balaban J connectivity index is 1.63. The summed E-state index contributed by atoms with van der Waals surface area (Å²) in [6.45, 7) is -0.779. The van der Waals surface area contributed by atoms with Gasteiger partial charge in [0.1, 0.15) is 20.6 Å². The van der Waals surface area contributed by atoms with E-state index in [-0.39, 0.29) is 48.5 Å². The number of benzene rings is 1. The van der Waals surface area contributed by atoms with E-state index in [1.807, 2.05) is 0 Å². The number of hydrogen-bond donors (Lipinski definition) is 1. The molecule has 2 aliphatic rings. The number of nitrogens with one attached hydrogen (secondary N) is 1. The van der Waals surface area contributed by atoms with Crippen LogP contribution in [0.2, 0.25) is 0 Å². The van der Waals surface area contributed by atoms with Crippen molar-refractivity contribution in [2.45, 2.75) is 59.7 Å². The number of rotatable bonds is 6. The molecule has 0 bridgehead atoms. The minimum Gasteiger partial charge on any atom is -0.211 e. The minimum absolute atomic E-state index is 0.0127. The molecule has 2 fully saturated rings. The molecule has 1 aliphatic heterocycles. The van der Waals surface area contributed by atoms with Gasteiger partial charge in [0.05, 0.1) is 5.92 Å². The molecule has 1 aromatic heterocycles. The number of sulfonamides is 2. The minimum atomic E-state index is -4.44. The molecular formula is C22H25F5N2O4S3. The Morgan fingerprint density at radius 3 is 2.17 bits per heavy atom. The smallest absolute Gasteiger partial charge is 0.211 e. The van der Waals surface area contributed by atoms with Gasteiger partial charge in [-0.3, -0.25) is 0 Å². The number of halogens is 5. The average molecular weight is 573 g/mol. The van der Waals surface area contributed by atoms with E-state index in [4.69, 9.17) is 0 Å². The highest BCUT2D eigenvalue weighted by atomic mass is 32.2. The van der Waals surface area contributed by atoms with Crippen molar-refractivity contribution in [2.24, 2.45) is 5.92 Å². The topological polar surface area (TPSA) is 83.5 Å². The number of thiophene rings is 1. The van der Waals surface area contributed by atoms with E-state index in [9.17, 15) is 38.8 Å². The fourth-order valence-corrected chi connectivity index (χ4v) is 9.77. The second kappa shape index (κ2) is 9.93. The molecule has 1 aliphatic carbocycles. The SMILES string of the molecule is O=S(=O)(NC1CCC(c2cc(F)ccc2F)(S(=O)(=O)N2CCC(C(F)(F)F)CC2)CC1)c1cccs1. The van der Waals surface area contributed by atoms with E-state index in [2.05, 4.69) is 4.72 Å². The average Bonchev–Trinajstić information content (AvgIpc) is 3.37. The quantitative estimate of drug-likeness (QED) is 0.507. The van der Waals surface area contributed by atoms with Gasteiger partial charge in [0.15, 0.2) is 0 Å². The Kier molecular flexibility index (Phi) is 7.57. The molecule has 0 unspecified atom stereocenters. The molecule has 1 N–H and O–H groups in total. The predicted molar refractivity (Wildman–Crippen MR) is 124 cm³/mol. The van der Waals surface area contributed by atoms with Crippen LogP contribution in [0.3, 0.4) is 0 Å². The maximum atomic E-state index is 15.0. The molecule has 1 saturated heterocycles. The Hall–Kier alpha value is -1.61. The number of alkyl halides is 3. The molecule has 2 aromatic rings. The Bertz CT molecular complexity index is 1280. The second-order valence-electron chi connectivity index (χ2n) is 9.17. The summed E-state index contributed by atoms with van der Waals surface area (Å²) in [5.41, 5.74) is -0.389. The number of piperidine rings is 1. The van der Waals surface area contributed by atoms with Gasteiger partial charge in [0.25, 0.3) is 0 Å². The van der Waals surface area contributed by atoms with Crippen LogP contribution in [-0.2, 0) is 24.8 Å². The van der Waals surface area contributed by atoms with Crippen molar-refractivity contribution in [3.63, 3.8) is 0 Å². The molecule has 36 heavy (non-hydrogen) atoms. The monoisotopic (exact) mass is 572 g/mol. The van der Waals surface area contributed by atoms with Crippen LogP contribution in [0.5, 0.6) is 0 Å². The Morgan fingerprint density at radius 2 is 1.61 bits per heavy atom. The highest BCUT2D eigenvalue weighted by Gasteiger charge is 2.53. The zero-order valence-corrected chi connectivity index (χ0v) is 21.4. The van der Waals surface area contributed by atoms with E-state index >= 15 is 0 Å². The third-order valence-corrected chi connectivity index (χ3v) is 12.6. The fraction of sp³-hybridized carbons (Fsp3) is 0.545. The summed E-state index contributed by atoms with van der Waals surface area (Å²) in [6, 6.07) is 4.85. The van der Waals surface area contributed by atoms with E-state index in [1.54, 1.807) is 11.4 Å². The highest BCUT2D eigenvalue weighted by Crippen LogP contribution is 2.48. The lowest BCUT2D eigenvalue weighted by Crippen LogP contribution is -2.53. The molecule has 2 heterocycles. The van der Waals surface area contributed by atoms with Gasteiger partial charge in [-0.2, -0.15) is 13.2 Å². The van der Waals surface area contributed by atoms with Crippen LogP contribution < -0.4 is 4.72 Å². The van der Waals surface area contributed by atoms with Crippen molar-refractivity contribution in [3.8, 4) is 0 Å². The lowest BCUT2D eigenvalue weighted by molar-refractivity contribution is -0.182. The molecule has 0 radical (unpaired) electrons. The van der Waals surface area contributed by atoms with Crippen molar-refractivity contribution < 1.29 is 38.8 Å². The van der Waals surface area contributed by atoms with E-state index in [0.717, 1.165) is 33.8 Å². The van der Waals surface area contributed by atoms with Crippen LogP contribution in [0.4, 0.5) is 22.0 Å². The third-order valence-electron chi connectivity index (χ3n) is 7.04. The van der Waals surface area contributed by atoms with Crippen molar-refractivity contribution >= 4 is 31.4 Å². The van der Waals surface area contributed by atoms with Gasteiger partial charge in [-0.25, -0.2) is 34.6 Å². The van der Waals surface area contributed by atoms with Crippen LogP contribution in [0, 0.1) is 17.6 Å². The summed E-state index contributed by atoms with van der Waals surface area (Å²) in [5.74, 6) is -3.42. The molecule has 14 heteroatoms. The summed E-state index contributed by atoms with van der Waals surface area (Å²) in [6.07, 6.45) is -5.72. The molecule has 0 spiro atoms. The first kappa shape index (κ1) is 27.4. The Morgan fingerprint density at radius 1 is 0.972 bits per heavy atom. The second-order valence-corrected chi connectivity index (χ2v) is 14.3. The lowest BCUT2D eigenvalue weighted by atomic mass is 9.81. The largest absolute Gasteiger partial charge is 0.391 e. The van der Waals surface area contributed by atoms with Gasteiger partial charge in [-0.05, 0) is 68.2 Å². The Labute approximate surface area is 210 Å². The van der Waals surface area contributed by atoms with Crippen LogP contribution >= 0.6 is 11.3 Å². The van der Waals surface area contributed by atoms with Gasteiger partial charge in [-0.1, -0.05) is 6.07 Å². The molecule has 1 saturated carbocycles. The van der Waals surface area contributed by atoms with Crippen LogP contribution in [0.15, 0.2) is 39.9 Å². The van der Waals surface area contributed by atoms with Gasteiger partial charge in [0, 0.05) is 24.7 Å².